The van der Waals surface area contributed by atoms with Gasteiger partial charge in [-0.1, -0.05) is 109 Å². The Morgan fingerprint density at radius 2 is 1.63 bits per heavy atom. The first-order valence-electron chi connectivity index (χ1n) is 20.3. The highest BCUT2D eigenvalue weighted by Crippen LogP contribution is 2.42. The number of likely N-dealkylation sites (tertiary alicyclic amines) is 1. The molecule has 2 aliphatic heterocycles. The Bertz CT molecular complexity index is 1540. The van der Waals surface area contributed by atoms with Crippen LogP contribution in [0.1, 0.15) is 146 Å². The molecule has 2 aromatic rings. The van der Waals surface area contributed by atoms with E-state index >= 15 is 0 Å². The van der Waals surface area contributed by atoms with Crippen molar-refractivity contribution in [2.45, 2.75) is 148 Å². The van der Waals surface area contributed by atoms with Gasteiger partial charge in [-0.3, -0.25) is 9.98 Å². The molecule has 0 spiro atoms. The van der Waals surface area contributed by atoms with Crippen molar-refractivity contribution in [3.63, 3.8) is 0 Å². The van der Waals surface area contributed by atoms with Crippen LogP contribution in [0.2, 0.25) is 0 Å². The van der Waals surface area contributed by atoms with Crippen molar-refractivity contribution < 1.29 is 0 Å². The number of aliphatic imine (C=N–C) groups is 1. The summed E-state index contributed by atoms with van der Waals surface area (Å²) in [5.41, 5.74) is 8.30. The number of rotatable bonds is 22. The molecule has 6 nitrogen and oxygen atoms in total. The van der Waals surface area contributed by atoms with Gasteiger partial charge in [0.25, 0.3) is 0 Å². The van der Waals surface area contributed by atoms with E-state index in [9.17, 15) is 0 Å². The summed E-state index contributed by atoms with van der Waals surface area (Å²) in [6.45, 7) is 17.9. The number of imidazole rings is 1. The first kappa shape index (κ1) is 39.1. The molecule has 0 atom stereocenters. The van der Waals surface area contributed by atoms with E-state index in [1.165, 1.54) is 93.9 Å². The van der Waals surface area contributed by atoms with E-state index in [1.807, 2.05) is 12.4 Å². The van der Waals surface area contributed by atoms with Gasteiger partial charge < -0.3 is 14.4 Å². The highest BCUT2D eigenvalue weighted by Gasteiger charge is 2.37. The van der Waals surface area contributed by atoms with Crippen LogP contribution >= 0.6 is 11.6 Å². The SMILES string of the molecule is C=CC1(c2ccncc2N(C)Cc2nc3c(n2CCCC)CCC(Cl)=C3)CCN(C(=C)C2=NCC(CCCCCCCCCCCCC)=C2)CC1. The number of hydrogen-bond donors (Lipinski definition) is 0. The standard InChI is InChI=1S/C44H65ClN6/c1-6-9-11-12-13-14-15-16-17-18-19-20-36-30-39(47-32-36)35(4)50-28-24-44(8-3,25-29-50)38-23-26-46-33-42(38)49(5)34-43-48-40-31-37(45)21-22-41(40)51(43)27-10-7-2/h8,23,26,30-31,33H,3-4,6-7,9-22,24-25,27-29,32,34H2,1-2,5H3. The van der Waals surface area contributed by atoms with Crippen molar-refractivity contribution in [1.29, 1.82) is 0 Å². The van der Waals surface area contributed by atoms with Gasteiger partial charge in [0.2, 0.25) is 0 Å². The zero-order valence-corrected chi connectivity index (χ0v) is 33.0. The first-order chi connectivity index (χ1) is 24.9. The van der Waals surface area contributed by atoms with E-state index in [-0.39, 0.29) is 5.41 Å². The van der Waals surface area contributed by atoms with Crippen molar-refractivity contribution in [3.8, 4) is 0 Å². The number of nitrogens with zero attached hydrogens (tertiary/aromatic N) is 6. The molecule has 5 rings (SSSR count). The Balaban J connectivity index is 1.14. The Kier molecular flexibility index (Phi) is 15.1. The minimum atomic E-state index is -0.135. The van der Waals surface area contributed by atoms with E-state index in [1.54, 1.807) is 0 Å². The number of pyridine rings is 1. The van der Waals surface area contributed by atoms with Gasteiger partial charge in [0, 0.05) is 49.0 Å². The summed E-state index contributed by atoms with van der Waals surface area (Å²) in [5.74, 6) is 1.10. The van der Waals surface area contributed by atoms with Gasteiger partial charge in [0.05, 0.1) is 42.1 Å². The number of aromatic nitrogens is 3. The Morgan fingerprint density at radius 1 is 0.941 bits per heavy atom. The van der Waals surface area contributed by atoms with Crippen LogP contribution in [0.4, 0.5) is 5.69 Å². The molecule has 1 saturated heterocycles. The summed E-state index contributed by atoms with van der Waals surface area (Å²) < 4.78 is 2.45. The largest absolute Gasteiger partial charge is 0.370 e. The molecule has 278 valence electrons. The lowest BCUT2D eigenvalue weighted by atomic mass is 9.72. The molecule has 0 saturated carbocycles. The fourth-order valence-corrected chi connectivity index (χ4v) is 8.44. The van der Waals surface area contributed by atoms with Crippen LogP contribution in [-0.2, 0) is 24.9 Å². The van der Waals surface area contributed by atoms with E-state index < -0.39 is 0 Å². The topological polar surface area (TPSA) is 49.6 Å². The fourth-order valence-electron chi connectivity index (χ4n) is 8.24. The number of anilines is 1. The van der Waals surface area contributed by atoms with E-state index in [0.717, 1.165) is 98.4 Å². The fraction of sp³-hybridized carbons (Fsp3) is 0.614. The second-order valence-electron chi connectivity index (χ2n) is 15.3. The number of unbranched alkanes of at least 4 members (excludes halogenated alkanes) is 11. The van der Waals surface area contributed by atoms with Crippen LogP contribution in [-0.4, -0.2) is 51.8 Å². The molecule has 4 heterocycles. The minimum Gasteiger partial charge on any atom is -0.370 e. The maximum absolute atomic E-state index is 6.44. The molecular formula is C44H65ClN6. The number of allylic oxidation sites excluding steroid dienone is 3. The number of hydrogen-bond acceptors (Lipinski definition) is 5. The highest BCUT2D eigenvalue weighted by molar-refractivity contribution is 6.31. The molecule has 0 bridgehead atoms. The van der Waals surface area contributed by atoms with Crippen molar-refractivity contribution in [2.24, 2.45) is 4.99 Å². The molecule has 0 radical (unpaired) electrons. The van der Waals surface area contributed by atoms with E-state index in [2.05, 4.69) is 77.7 Å². The van der Waals surface area contributed by atoms with Gasteiger partial charge in [0.1, 0.15) is 5.82 Å². The molecule has 1 fully saturated rings. The lowest BCUT2D eigenvalue weighted by molar-refractivity contribution is 0.234. The summed E-state index contributed by atoms with van der Waals surface area (Å²) in [6.07, 6.45) is 33.0. The number of piperidine rings is 1. The normalized spacial score (nSPS) is 16.8. The molecule has 0 N–H and O–H groups in total. The summed E-state index contributed by atoms with van der Waals surface area (Å²) in [6, 6.07) is 2.21. The van der Waals surface area contributed by atoms with Gasteiger partial charge in [-0.2, -0.15) is 0 Å². The third-order valence-corrected chi connectivity index (χ3v) is 11.9. The van der Waals surface area contributed by atoms with Crippen LogP contribution in [0.15, 0.2) is 65.1 Å². The predicted molar refractivity (Wildman–Crippen MR) is 219 cm³/mol. The summed E-state index contributed by atoms with van der Waals surface area (Å²) in [5, 5.41) is 0.898. The predicted octanol–water partition coefficient (Wildman–Crippen LogP) is 11.4. The average molecular weight is 713 g/mol. The van der Waals surface area contributed by atoms with Crippen LogP contribution < -0.4 is 4.90 Å². The van der Waals surface area contributed by atoms with Crippen LogP contribution in [0.3, 0.4) is 0 Å². The molecule has 3 aliphatic rings. The smallest absolute Gasteiger partial charge is 0.129 e. The Labute approximate surface area is 314 Å². The van der Waals surface area contributed by atoms with Crippen LogP contribution in [0.5, 0.6) is 0 Å². The summed E-state index contributed by atoms with van der Waals surface area (Å²) in [7, 11) is 2.17. The molecule has 7 heteroatoms. The quantitative estimate of drug-likeness (QED) is 0.0900. The average Bonchev–Trinajstić information content (AvgIpc) is 3.76. The molecule has 2 aromatic heterocycles. The molecule has 0 aromatic carbocycles. The third-order valence-electron chi connectivity index (χ3n) is 11.6. The highest BCUT2D eigenvalue weighted by atomic mass is 35.5. The monoisotopic (exact) mass is 712 g/mol. The molecule has 1 aliphatic carbocycles. The lowest BCUT2D eigenvalue weighted by Crippen LogP contribution is -2.42. The van der Waals surface area contributed by atoms with Gasteiger partial charge in [-0.25, -0.2) is 4.98 Å². The summed E-state index contributed by atoms with van der Waals surface area (Å²) in [4.78, 5) is 19.4. The van der Waals surface area contributed by atoms with Crippen molar-refractivity contribution >= 4 is 29.1 Å². The van der Waals surface area contributed by atoms with Gasteiger partial charge in [0.15, 0.2) is 0 Å². The molecule has 51 heavy (non-hydrogen) atoms. The van der Waals surface area contributed by atoms with Gasteiger partial charge in [-0.05, 0) is 74.3 Å². The molecule has 0 unspecified atom stereocenters. The number of halogens is 1. The Morgan fingerprint density at radius 3 is 2.31 bits per heavy atom. The van der Waals surface area contributed by atoms with Crippen molar-refractivity contribution in [1.82, 2.24) is 19.4 Å². The summed E-state index contributed by atoms with van der Waals surface area (Å²) >= 11 is 6.44. The van der Waals surface area contributed by atoms with Crippen LogP contribution in [0.25, 0.3) is 6.08 Å². The van der Waals surface area contributed by atoms with Crippen molar-refractivity contribution in [2.75, 3.05) is 31.6 Å². The zero-order chi connectivity index (χ0) is 36.1. The maximum Gasteiger partial charge on any atom is 0.129 e. The number of fused-ring (bicyclic) bond motifs is 1. The minimum absolute atomic E-state index is 0.135. The van der Waals surface area contributed by atoms with Crippen LogP contribution in [0, 0.1) is 0 Å². The first-order valence-corrected chi connectivity index (χ1v) is 20.7. The second kappa shape index (κ2) is 19.6. The van der Waals surface area contributed by atoms with Gasteiger partial charge >= 0.3 is 0 Å². The van der Waals surface area contributed by atoms with E-state index in [0.29, 0.717) is 6.54 Å². The van der Waals surface area contributed by atoms with Gasteiger partial charge in [-0.15, -0.1) is 6.58 Å². The Hall–Kier alpha value is -3.12. The second-order valence-corrected chi connectivity index (χ2v) is 15.8. The molecular weight excluding hydrogens is 648 g/mol. The maximum atomic E-state index is 6.44. The lowest BCUT2D eigenvalue weighted by Gasteiger charge is -2.43. The van der Waals surface area contributed by atoms with Crippen molar-refractivity contribution in [3.05, 3.63) is 82.8 Å². The molecule has 0 amide bonds. The van der Waals surface area contributed by atoms with E-state index in [4.69, 9.17) is 21.6 Å². The zero-order valence-electron chi connectivity index (χ0n) is 32.2. The third kappa shape index (κ3) is 10.3.